The fraction of sp³-hybridized carbons (Fsp3) is 0.944. The summed E-state index contributed by atoms with van der Waals surface area (Å²) in [6.07, 6.45) is 15.2. The van der Waals surface area contributed by atoms with Crippen LogP contribution in [0, 0.1) is 5.92 Å². The highest BCUT2D eigenvalue weighted by atomic mass is 33.1. The predicted molar refractivity (Wildman–Crippen MR) is 239 cm³/mol. The van der Waals surface area contributed by atoms with Crippen LogP contribution in [-0.4, -0.2) is 114 Å². The van der Waals surface area contributed by atoms with Gasteiger partial charge in [0.25, 0.3) is 0 Å². The summed E-state index contributed by atoms with van der Waals surface area (Å²) in [6.45, 7) is 2.23. The van der Waals surface area contributed by atoms with Crippen molar-refractivity contribution in [1.29, 1.82) is 0 Å². The van der Waals surface area contributed by atoms with Gasteiger partial charge < -0.3 is 40.9 Å². The molecule has 2 rings (SSSR count). The summed E-state index contributed by atoms with van der Waals surface area (Å²) >= 11 is 1.86. The molecule has 2 aliphatic rings. The summed E-state index contributed by atoms with van der Waals surface area (Å²) in [4.78, 5) is 53.7. The highest BCUT2D eigenvalue weighted by molar-refractivity contribution is 8.76. The van der Waals surface area contributed by atoms with Crippen LogP contribution in [-0.2, 0) is 41.1 Å². The summed E-state index contributed by atoms with van der Waals surface area (Å²) in [5.41, 5.74) is 5.51. The number of thioether (sulfide) groups is 1. The van der Waals surface area contributed by atoms with E-state index in [0.717, 1.165) is 101 Å². The largest absolute Gasteiger partial charge is 0.472 e. The van der Waals surface area contributed by atoms with Gasteiger partial charge in [-0.1, -0.05) is 73.0 Å². The van der Waals surface area contributed by atoms with E-state index in [1.54, 1.807) is 0 Å². The van der Waals surface area contributed by atoms with E-state index in [2.05, 4.69) is 16.0 Å². The third-order valence-corrected chi connectivity index (χ3v) is 16.4. The molecule has 3 amide bonds. The zero-order valence-corrected chi connectivity index (χ0v) is 40.0. The Morgan fingerprint density at radius 3 is 1.90 bits per heavy atom. The minimum atomic E-state index is -4.37. The zero-order valence-electron chi connectivity index (χ0n) is 34.9. The molecule has 0 bridgehead atoms. The topological polar surface area (TPSA) is 254 Å². The Labute approximate surface area is 364 Å². The molecule has 7 atom stereocenters. The van der Waals surface area contributed by atoms with Gasteiger partial charge in [-0.2, -0.15) is 11.8 Å². The molecule has 2 saturated heterocycles. The summed E-state index contributed by atoms with van der Waals surface area (Å²) in [6, 6.07) is 0.249. The van der Waals surface area contributed by atoms with E-state index < -0.39 is 29.2 Å². The molecule has 2 fully saturated rings. The lowest BCUT2D eigenvalue weighted by atomic mass is 10.0. The number of phosphoric ester groups is 2. The van der Waals surface area contributed by atoms with Crippen molar-refractivity contribution in [3.05, 3.63) is 0 Å². The summed E-state index contributed by atoms with van der Waals surface area (Å²) in [7, 11) is -8.41. The number of carbonyl (C=O) groups excluding carboxylic acids is 2. The minimum absolute atomic E-state index is 0.0303. The number of carbonyl (C=O) groups is 2. The van der Waals surface area contributed by atoms with Crippen molar-refractivity contribution in [1.82, 2.24) is 16.0 Å². The minimum Gasteiger partial charge on any atom is -0.356 e. The van der Waals surface area contributed by atoms with Crippen LogP contribution in [0.1, 0.15) is 122 Å². The van der Waals surface area contributed by atoms with Gasteiger partial charge in [-0.05, 0) is 70.8 Å². The first-order valence-corrected chi connectivity index (χ1v) is 29.8. The first-order valence-electron chi connectivity index (χ1n) is 21.3. The maximum Gasteiger partial charge on any atom is 0.472 e. The van der Waals surface area contributed by atoms with Gasteiger partial charge >= 0.3 is 29.3 Å². The second kappa shape index (κ2) is 32.7. The normalized spacial score (nSPS) is 21.2. The van der Waals surface area contributed by atoms with Gasteiger partial charge in [0.1, 0.15) is 0 Å². The van der Waals surface area contributed by atoms with Crippen LogP contribution in [0.4, 0.5) is 4.79 Å². The molecule has 0 radical (unpaired) electrons. The number of unbranched alkanes of at least 4 members (excludes halogenated alkanes) is 11. The first kappa shape index (κ1) is 55.3. The molecule has 7 unspecified atom stereocenters. The molecule has 0 spiro atoms. The maximum atomic E-state index is 12.7. The van der Waals surface area contributed by atoms with Gasteiger partial charge in [0.05, 0.1) is 45.1 Å². The van der Waals surface area contributed by atoms with Crippen molar-refractivity contribution in [2.24, 2.45) is 11.7 Å². The van der Waals surface area contributed by atoms with Gasteiger partial charge in [0, 0.05) is 48.1 Å². The van der Waals surface area contributed by atoms with Crippen molar-refractivity contribution in [2.45, 2.75) is 139 Å². The third kappa shape index (κ3) is 30.0. The number of amides is 3. The molecule has 0 aromatic heterocycles. The lowest BCUT2D eigenvalue weighted by Gasteiger charge is -2.21. The van der Waals surface area contributed by atoms with Crippen LogP contribution in [0.2, 0.25) is 0 Å². The molecule has 2 aliphatic heterocycles. The van der Waals surface area contributed by atoms with Gasteiger partial charge in [0.2, 0.25) is 5.91 Å². The fourth-order valence-electron chi connectivity index (χ4n) is 6.38. The Bertz CT molecular complexity index is 1300. The quantitative estimate of drug-likeness (QED) is 0.0134. The van der Waals surface area contributed by atoms with Gasteiger partial charge in [-0.15, -0.1) is 0 Å². The number of phosphoric acid groups is 2. The van der Waals surface area contributed by atoms with Crippen LogP contribution in [0.3, 0.4) is 0 Å². The van der Waals surface area contributed by atoms with Crippen LogP contribution in [0.25, 0.3) is 0 Å². The molecule has 2 heterocycles. The van der Waals surface area contributed by atoms with Crippen LogP contribution in [0.5, 0.6) is 0 Å². The van der Waals surface area contributed by atoms with E-state index in [4.69, 9.17) is 33.2 Å². The van der Waals surface area contributed by atoms with E-state index in [9.17, 15) is 33.1 Å². The highest BCUT2D eigenvalue weighted by Crippen LogP contribution is 2.46. The van der Waals surface area contributed by atoms with Gasteiger partial charge in [-0.25, -0.2) is 13.9 Å². The highest BCUT2D eigenvalue weighted by Gasteiger charge is 2.42. The number of hydrogen-bond donors (Lipinski definition) is 7. The SMILES string of the molecule is CP(=O)(O)OCCCCCCSSCCCCCCOP(=O)(O)OCC(CCCCNC(=O)CCCCC1SCC2NC(=O)NC21)COP(=O)(O)OCCCCCCN. The Hall–Kier alpha value is 0.120. The Morgan fingerprint density at radius 2 is 1.32 bits per heavy atom. The molecule has 0 aliphatic carbocycles. The molecule has 348 valence electrons. The van der Waals surface area contributed by atoms with Crippen molar-refractivity contribution in [3.8, 4) is 0 Å². The van der Waals surface area contributed by atoms with E-state index in [0.29, 0.717) is 63.5 Å². The van der Waals surface area contributed by atoms with Crippen LogP contribution >= 0.6 is 56.6 Å². The molecular weight excluding hydrogens is 886 g/mol. The number of nitrogens with two attached hydrogens (primary N) is 1. The standard InChI is InChI=1S/C36H73N4O13P3S3/c1-54(43,44)49-23-13-4-6-16-26-58-59-27-17-7-5-15-25-51-56(47,48)53-29-31(28-52-55(45,46)50-24-14-3-2-11-21-37)18-10-12-22-38-34(41)20-9-8-19-33-35-32(30-57-33)39-36(42)40-35/h31-33,35H,2-30,37H2,1H3,(H,38,41)(H,43,44)(H,45,46)(H,47,48)(H2,39,40,42). The third-order valence-electron chi connectivity index (χ3n) is 9.65. The Kier molecular flexibility index (Phi) is 30.6. The number of urea groups is 1. The van der Waals surface area contributed by atoms with E-state index in [-0.39, 0.29) is 50.4 Å². The summed E-state index contributed by atoms with van der Waals surface area (Å²) in [5.74, 6) is 2.44. The second-order valence-corrected chi connectivity index (χ2v) is 23.8. The molecule has 0 aromatic carbocycles. The number of hydrogen-bond acceptors (Lipinski definition) is 14. The molecule has 0 aromatic rings. The van der Waals surface area contributed by atoms with E-state index in [1.165, 1.54) is 6.66 Å². The summed E-state index contributed by atoms with van der Waals surface area (Å²) in [5, 5.41) is 9.24. The molecule has 59 heavy (non-hydrogen) atoms. The Balaban J connectivity index is 1.60. The lowest BCUT2D eigenvalue weighted by Crippen LogP contribution is -2.36. The number of rotatable bonds is 40. The van der Waals surface area contributed by atoms with Gasteiger partial charge in [0.15, 0.2) is 0 Å². The fourth-order valence-corrected chi connectivity index (χ4v) is 12.4. The molecular formula is C36H73N4O13P3S3. The van der Waals surface area contributed by atoms with E-state index >= 15 is 0 Å². The van der Waals surface area contributed by atoms with E-state index in [1.807, 2.05) is 33.3 Å². The molecule has 17 nitrogen and oxygen atoms in total. The zero-order chi connectivity index (χ0) is 43.2. The molecule has 0 saturated carbocycles. The van der Waals surface area contributed by atoms with Crippen LogP contribution in [0.15, 0.2) is 0 Å². The van der Waals surface area contributed by atoms with Crippen molar-refractivity contribution in [2.75, 3.05) is 70.0 Å². The first-order chi connectivity index (χ1) is 28.2. The number of nitrogens with one attached hydrogen (secondary N) is 3. The molecule has 8 N–H and O–H groups in total. The average molecular weight is 959 g/mol. The van der Waals surface area contributed by atoms with Crippen molar-refractivity contribution in [3.63, 3.8) is 0 Å². The monoisotopic (exact) mass is 958 g/mol. The van der Waals surface area contributed by atoms with Crippen molar-refractivity contribution >= 4 is 68.5 Å². The smallest absolute Gasteiger partial charge is 0.356 e. The average Bonchev–Trinajstić information content (AvgIpc) is 3.73. The summed E-state index contributed by atoms with van der Waals surface area (Å²) < 4.78 is 62.0. The Morgan fingerprint density at radius 1 is 0.763 bits per heavy atom. The van der Waals surface area contributed by atoms with Crippen LogP contribution < -0.4 is 21.7 Å². The predicted octanol–water partition coefficient (Wildman–Crippen LogP) is 7.74. The van der Waals surface area contributed by atoms with Crippen molar-refractivity contribution < 1.29 is 60.6 Å². The number of fused-ring (bicyclic) bond motifs is 1. The lowest BCUT2D eigenvalue weighted by molar-refractivity contribution is -0.121. The second-order valence-electron chi connectivity index (χ2n) is 15.1. The van der Waals surface area contributed by atoms with Gasteiger partial charge in [-0.3, -0.25) is 27.5 Å². The molecule has 23 heteroatoms. The maximum absolute atomic E-state index is 12.7.